The van der Waals surface area contributed by atoms with Crippen molar-refractivity contribution in [1.29, 1.82) is 0 Å². The molecule has 0 amide bonds. The minimum atomic E-state index is -1.27. The molecule has 5 heteroatoms. The first kappa shape index (κ1) is 27.4. The molecule has 0 radical (unpaired) electrons. The maximum atomic E-state index is 12.2. The van der Waals surface area contributed by atoms with Crippen molar-refractivity contribution in [3.8, 4) is 0 Å². The third kappa shape index (κ3) is 11.5. The molecule has 31 heavy (non-hydrogen) atoms. The van der Waals surface area contributed by atoms with E-state index < -0.39 is 11.4 Å². The van der Waals surface area contributed by atoms with Crippen molar-refractivity contribution in [3.63, 3.8) is 0 Å². The zero-order chi connectivity index (χ0) is 23.0. The zero-order valence-electron chi connectivity index (χ0n) is 20.0. The van der Waals surface area contributed by atoms with Gasteiger partial charge in [0.2, 0.25) is 0 Å². The second kappa shape index (κ2) is 16.1. The van der Waals surface area contributed by atoms with E-state index in [2.05, 4.69) is 6.92 Å². The molecule has 5 nitrogen and oxygen atoms in total. The molecule has 0 bridgehead atoms. The van der Waals surface area contributed by atoms with Gasteiger partial charge >= 0.3 is 5.97 Å². The van der Waals surface area contributed by atoms with Gasteiger partial charge in [-0.15, -0.1) is 0 Å². The Morgan fingerprint density at radius 1 is 0.903 bits per heavy atom. The predicted octanol–water partition coefficient (Wildman–Crippen LogP) is 7.00. The molecule has 178 valence electrons. The summed E-state index contributed by atoms with van der Waals surface area (Å²) in [7, 11) is 0. The Labute approximate surface area is 188 Å². The molecule has 1 aromatic heterocycles. The molecule has 1 N–H and O–H groups in total. The van der Waals surface area contributed by atoms with Crippen LogP contribution in [0.1, 0.15) is 122 Å². The molecule has 1 rings (SSSR count). The summed E-state index contributed by atoms with van der Waals surface area (Å²) in [4.78, 5) is 23.5. The summed E-state index contributed by atoms with van der Waals surface area (Å²) in [5.74, 6) is -0.623. The van der Waals surface area contributed by atoms with Gasteiger partial charge < -0.3 is 14.3 Å². The summed E-state index contributed by atoms with van der Waals surface area (Å²) >= 11 is 0. The molecule has 1 aromatic rings. The van der Waals surface area contributed by atoms with Crippen LogP contribution in [-0.4, -0.2) is 17.7 Å². The van der Waals surface area contributed by atoms with Crippen molar-refractivity contribution < 1.29 is 19.1 Å². The summed E-state index contributed by atoms with van der Waals surface area (Å²) in [6, 6.07) is 1.34. The highest BCUT2D eigenvalue weighted by Crippen LogP contribution is 2.20. The van der Waals surface area contributed by atoms with E-state index in [-0.39, 0.29) is 17.6 Å². The zero-order valence-corrected chi connectivity index (χ0v) is 20.0. The summed E-state index contributed by atoms with van der Waals surface area (Å²) in [5.41, 5.74) is -1.45. The standard InChI is InChI=1S/C26H44O5/c1-4-5-6-7-8-9-10-11-12-13-14-15-16-17-18-30-20-22-19-24(27)23(21-31-22)26(2,3)25(28)29/h19,21H,4-18,20H2,1-3H3,(H,28,29). The van der Waals surface area contributed by atoms with Gasteiger partial charge in [0.1, 0.15) is 12.4 Å². The van der Waals surface area contributed by atoms with E-state index in [1.165, 1.54) is 103 Å². The second-order valence-electron chi connectivity index (χ2n) is 9.20. The van der Waals surface area contributed by atoms with Crippen LogP contribution in [0.4, 0.5) is 0 Å². The fraction of sp³-hybridized carbons (Fsp3) is 0.769. The number of carboxylic acids is 1. The van der Waals surface area contributed by atoms with Crippen LogP contribution in [0.2, 0.25) is 0 Å². The number of hydrogen-bond donors (Lipinski definition) is 1. The van der Waals surface area contributed by atoms with Crippen molar-refractivity contribution in [3.05, 3.63) is 33.9 Å². The molecule has 0 aromatic carbocycles. The fourth-order valence-electron chi connectivity index (χ4n) is 3.67. The van der Waals surface area contributed by atoms with Crippen molar-refractivity contribution in [2.45, 2.75) is 123 Å². The van der Waals surface area contributed by atoms with Crippen LogP contribution in [0.15, 0.2) is 21.5 Å². The maximum Gasteiger partial charge on any atom is 0.313 e. The minimum absolute atomic E-state index is 0.149. The molecule has 0 aliphatic rings. The molecule has 1 heterocycles. The van der Waals surface area contributed by atoms with E-state index in [0.29, 0.717) is 12.4 Å². The third-order valence-electron chi connectivity index (χ3n) is 5.98. The summed E-state index contributed by atoms with van der Waals surface area (Å²) in [5, 5.41) is 9.24. The highest BCUT2D eigenvalue weighted by molar-refractivity contribution is 5.79. The van der Waals surface area contributed by atoms with Gasteiger partial charge in [-0.3, -0.25) is 9.59 Å². The lowest BCUT2D eigenvalue weighted by Gasteiger charge is -2.18. The fourth-order valence-corrected chi connectivity index (χ4v) is 3.67. The van der Waals surface area contributed by atoms with Crippen LogP contribution in [0.5, 0.6) is 0 Å². The SMILES string of the molecule is CCCCCCCCCCCCCCCCOCc1cc(=O)c(C(C)(C)C(=O)O)co1. The average Bonchev–Trinajstić information content (AvgIpc) is 2.73. The Morgan fingerprint density at radius 2 is 1.39 bits per heavy atom. The van der Waals surface area contributed by atoms with Gasteiger partial charge in [0.05, 0.1) is 17.2 Å². The molecule has 0 atom stereocenters. The quantitative estimate of drug-likeness (QED) is 0.236. The normalized spacial score (nSPS) is 11.7. The number of carbonyl (C=O) groups is 1. The Balaban J connectivity index is 2.01. The molecular weight excluding hydrogens is 392 g/mol. The van der Waals surface area contributed by atoms with E-state index in [1.807, 2.05) is 0 Å². The van der Waals surface area contributed by atoms with E-state index in [0.717, 1.165) is 12.8 Å². The van der Waals surface area contributed by atoms with E-state index >= 15 is 0 Å². The van der Waals surface area contributed by atoms with Crippen LogP contribution in [0, 0.1) is 0 Å². The van der Waals surface area contributed by atoms with Crippen LogP contribution in [0.3, 0.4) is 0 Å². The number of carboxylic acid groups (broad SMARTS) is 1. The number of unbranched alkanes of at least 4 members (excludes halogenated alkanes) is 13. The van der Waals surface area contributed by atoms with Gasteiger partial charge in [-0.2, -0.15) is 0 Å². The first-order valence-corrected chi connectivity index (χ1v) is 12.3. The van der Waals surface area contributed by atoms with Gasteiger partial charge in [0.15, 0.2) is 5.43 Å². The van der Waals surface area contributed by atoms with Crippen LogP contribution in [0.25, 0.3) is 0 Å². The first-order valence-electron chi connectivity index (χ1n) is 12.3. The van der Waals surface area contributed by atoms with E-state index in [1.54, 1.807) is 0 Å². The van der Waals surface area contributed by atoms with Crippen molar-refractivity contribution in [2.24, 2.45) is 0 Å². The molecule has 0 saturated heterocycles. The number of aliphatic carboxylic acids is 1. The Morgan fingerprint density at radius 3 is 1.84 bits per heavy atom. The minimum Gasteiger partial charge on any atom is -0.481 e. The number of rotatable bonds is 19. The molecule has 0 unspecified atom stereocenters. The Bertz CT molecular complexity index is 662. The summed E-state index contributed by atoms with van der Waals surface area (Å²) < 4.78 is 11.0. The highest BCUT2D eigenvalue weighted by Gasteiger charge is 2.32. The van der Waals surface area contributed by atoms with Gasteiger partial charge in [-0.05, 0) is 20.3 Å². The number of hydrogen-bond acceptors (Lipinski definition) is 4. The Kier molecular flexibility index (Phi) is 14.2. The lowest BCUT2D eigenvalue weighted by atomic mass is 9.86. The Hall–Kier alpha value is -1.62. The smallest absolute Gasteiger partial charge is 0.313 e. The number of ether oxygens (including phenoxy) is 1. The topological polar surface area (TPSA) is 76.7 Å². The highest BCUT2D eigenvalue weighted by atomic mass is 16.5. The van der Waals surface area contributed by atoms with E-state index in [9.17, 15) is 14.7 Å². The summed E-state index contributed by atoms with van der Waals surface area (Å²) in [6.45, 7) is 6.13. The molecular formula is C26H44O5. The van der Waals surface area contributed by atoms with Crippen molar-refractivity contribution >= 4 is 5.97 Å². The van der Waals surface area contributed by atoms with E-state index in [4.69, 9.17) is 9.15 Å². The van der Waals surface area contributed by atoms with Gasteiger partial charge in [0, 0.05) is 12.7 Å². The largest absolute Gasteiger partial charge is 0.481 e. The van der Waals surface area contributed by atoms with Gasteiger partial charge in [-0.25, -0.2) is 0 Å². The van der Waals surface area contributed by atoms with Crippen LogP contribution in [-0.2, 0) is 21.6 Å². The first-order chi connectivity index (χ1) is 14.9. The summed E-state index contributed by atoms with van der Waals surface area (Å²) in [6.07, 6.45) is 19.8. The van der Waals surface area contributed by atoms with Crippen molar-refractivity contribution in [1.82, 2.24) is 0 Å². The lowest BCUT2D eigenvalue weighted by molar-refractivity contribution is -0.142. The van der Waals surface area contributed by atoms with Crippen LogP contribution >= 0.6 is 0 Å². The molecule has 0 saturated carbocycles. The average molecular weight is 437 g/mol. The molecule has 0 aliphatic heterocycles. The van der Waals surface area contributed by atoms with Gasteiger partial charge in [0.25, 0.3) is 0 Å². The predicted molar refractivity (Wildman–Crippen MR) is 126 cm³/mol. The lowest BCUT2D eigenvalue weighted by Crippen LogP contribution is -2.33. The van der Waals surface area contributed by atoms with Gasteiger partial charge in [-0.1, -0.05) is 90.4 Å². The molecule has 0 fully saturated rings. The monoisotopic (exact) mass is 436 g/mol. The molecule has 0 aliphatic carbocycles. The maximum absolute atomic E-state index is 12.2. The van der Waals surface area contributed by atoms with Crippen molar-refractivity contribution in [2.75, 3.05) is 6.61 Å². The van der Waals surface area contributed by atoms with Crippen LogP contribution < -0.4 is 5.43 Å². The second-order valence-corrected chi connectivity index (χ2v) is 9.20. The third-order valence-corrected chi connectivity index (χ3v) is 5.98. The molecule has 0 spiro atoms.